The maximum atomic E-state index is 13.0. The maximum absolute atomic E-state index is 13.0. The highest BCUT2D eigenvalue weighted by Crippen LogP contribution is 2.36. The highest BCUT2D eigenvalue weighted by molar-refractivity contribution is 6.30. The molecule has 1 aliphatic rings. The van der Waals surface area contributed by atoms with Gasteiger partial charge in [-0.3, -0.25) is 9.36 Å². The van der Waals surface area contributed by atoms with Crippen LogP contribution in [0.4, 0.5) is 0 Å². The van der Waals surface area contributed by atoms with E-state index < -0.39 is 0 Å². The molecule has 5 rings (SSSR count). The Morgan fingerprint density at radius 2 is 1.55 bits per heavy atom. The number of benzene rings is 3. The Hall–Kier alpha value is -3.64. The first kappa shape index (κ1) is 21.2. The molecule has 0 saturated heterocycles. The number of rotatable bonds is 7. The summed E-state index contributed by atoms with van der Waals surface area (Å²) in [5, 5.41) is 7.98. The van der Waals surface area contributed by atoms with E-state index in [1.165, 1.54) is 4.68 Å². The number of halogens is 1. The van der Waals surface area contributed by atoms with E-state index in [0.29, 0.717) is 17.4 Å². The molecule has 7 heteroatoms. The third kappa shape index (κ3) is 4.76. The van der Waals surface area contributed by atoms with E-state index in [9.17, 15) is 9.59 Å². The minimum atomic E-state index is -0.259. The van der Waals surface area contributed by atoms with Crippen LogP contribution in [0.15, 0.2) is 83.7 Å². The zero-order chi connectivity index (χ0) is 22.8. The second kappa shape index (κ2) is 9.08. The minimum Gasteiger partial charge on any atom is -0.350 e. The second-order valence-electron chi connectivity index (χ2n) is 8.21. The Kier molecular flexibility index (Phi) is 5.84. The number of hydrogen-bond acceptors (Lipinski definition) is 3. The largest absolute Gasteiger partial charge is 0.350 e. The molecule has 1 N–H and O–H groups in total. The maximum Gasteiger partial charge on any atom is 0.346 e. The molecule has 3 aromatic carbocycles. The standard InChI is InChI=1S/C26H23ClN4O2/c27-22-12-10-21(11-13-22)25-29-30(26(33)31(25)23-14-15-23)17-24(32)28-16-18-6-8-20(9-7-18)19-4-2-1-3-5-19/h1-13,23H,14-17H2,(H,28,32). The van der Waals surface area contributed by atoms with Gasteiger partial charge in [0.2, 0.25) is 5.91 Å². The molecule has 33 heavy (non-hydrogen) atoms. The lowest BCUT2D eigenvalue weighted by atomic mass is 10.0. The molecule has 166 valence electrons. The average molecular weight is 459 g/mol. The fourth-order valence-electron chi connectivity index (χ4n) is 3.82. The monoisotopic (exact) mass is 458 g/mol. The van der Waals surface area contributed by atoms with Crippen LogP contribution in [-0.4, -0.2) is 20.3 Å². The van der Waals surface area contributed by atoms with Crippen molar-refractivity contribution in [3.8, 4) is 22.5 Å². The lowest BCUT2D eigenvalue weighted by molar-refractivity contribution is -0.122. The van der Waals surface area contributed by atoms with Crippen LogP contribution in [-0.2, 0) is 17.9 Å². The quantitative estimate of drug-likeness (QED) is 0.437. The van der Waals surface area contributed by atoms with Gasteiger partial charge in [-0.15, -0.1) is 5.10 Å². The summed E-state index contributed by atoms with van der Waals surface area (Å²) in [6, 6.07) is 25.6. The average Bonchev–Trinajstić information content (AvgIpc) is 3.63. The lowest BCUT2D eigenvalue weighted by Gasteiger charge is -2.07. The van der Waals surface area contributed by atoms with Gasteiger partial charge in [0.25, 0.3) is 0 Å². The Morgan fingerprint density at radius 3 is 2.21 bits per heavy atom. The fraction of sp³-hybridized carbons (Fsp3) is 0.192. The summed E-state index contributed by atoms with van der Waals surface area (Å²) in [5.41, 5.74) is 3.80. The van der Waals surface area contributed by atoms with E-state index >= 15 is 0 Å². The van der Waals surface area contributed by atoms with E-state index in [1.54, 1.807) is 16.7 Å². The smallest absolute Gasteiger partial charge is 0.346 e. The zero-order valence-corrected chi connectivity index (χ0v) is 18.7. The van der Waals surface area contributed by atoms with Crippen molar-refractivity contribution < 1.29 is 4.79 Å². The summed E-state index contributed by atoms with van der Waals surface area (Å²) in [4.78, 5) is 25.5. The number of nitrogens with zero attached hydrogens (tertiary/aromatic N) is 3. The molecule has 0 bridgehead atoms. The Bertz CT molecular complexity index is 1320. The first-order valence-electron chi connectivity index (χ1n) is 10.9. The molecule has 1 aliphatic carbocycles. The van der Waals surface area contributed by atoms with Crippen molar-refractivity contribution in [1.82, 2.24) is 19.7 Å². The van der Waals surface area contributed by atoms with E-state index in [2.05, 4.69) is 22.5 Å². The Morgan fingerprint density at radius 1 is 0.909 bits per heavy atom. The van der Waals surface area contributed by atoms with Crippen molar-refractivity contribution in [2.24, 2.45) is 0 Å². The molecule has 0 unspecified atom stereocenters. The number of amides is 1. The molecule has 1 aromatic heterocycles. The van der Waals surface area contributed by atoms with Crippen LogP contribution in [0.3, 0.4) is 0 Å². The van der Waals surface area contributed by atoms with Gasteiger partial charge in [-0.1, -0.05) is 66.2 Å². The molecule has 0 radical (unpaired) electrons. The lowest BCUT2D eigenvalue weighted by Crippen LogP contribution is -2.33. The third-order valence-electron chi connectivity index (χ3n) is 5.73. The van der Waals surface area contributed by atoms with Gasteiger partial charge in [0.1, 0.15) is 6.54 Å². The van der Waals surface area contributed by atoms with Crippen molar-refractivity contribution >= 4 is 17.5 Å². The van der Waals surface area contributed by atoms with Crippen LogP contribution in [0.2, 0.25) is 5.02 Å². The van der Waals surface area contributed by atoms with Gasteiger partial charge >= 0.3 is 5.69 Å². The fourth-order valence-corrected chi connectivity index (χ4v) is 3.95. The Labute approximate surface area is 196 Å². The van der Waals surface area contributed by atoms with Crippen LogP contribution >= 0.6 is 11.6 Å². The number of nitrogens with one attached hydrogen (secondary N) is 1. The summed E-state index contributed by atoms with van der Waals surface area (Å²) < 4.78 is 2.94. The Balaban J connectivity index is 1.27. The van der Waals surface area contributed by atoms with Gasteiger partial charge in [0, 0.05) is 23.2 Å². The molecular weight excluding hydrogens is 436 g/mol. The molecule has 4 aromatic rings. The topological polar surface area (TPSA) is 68.9 Å². The van der Waals surface area contributed by atoms with Crippen LogP contribution < -0.4 is 11.0 Å². The molecule has 1 fully saturated rings. The molecule has 0 atom stereocenters. The molecule has 1 amide bonds. The third-order valence-corrected chi connectivity index (χ3v) is 5.98. The second-order valence-corrected chi connectivity index (χ2v) is 8.65. The highest BCUT2D eigenvalue weighted by Gasteiger charge is 2.30. The summed E-state index contributed by atoms with van der Waals surface area (Å²) >= 11 is 6.00. The van der Waals surface area contributed by atoms with E-state index in [4.69, 9.17) is 11.6 Å². The van der Waals surface area contributed by atoms with Crippen LogP contribution in [0.1, 0.15) is 24.4 Å². The highest BCUT2D eigenvalue weighted by atomic mass is 35.5. The predicted molar refractivity (Wildman–Crippen MR) is 129 cm³/mol. The number of aromatic nitrogens is 3. The SMILES string of the molecule is O=C(Cn1nc(-c2ccc(Cl)cc2)n(C2CC2)c1=O)NCc1ccc(-c2ccccc2)cc1. The van der Waals surface area contributed by atoms with Gasteiger partial charge in [-0.05, 0) is 53.8 Å². The van der Waals surface area contributed by atoms with Gasteiger partial charge in [-0.25, -0.2) is 9.48 Å². The molecule has 0 spiro atoms. The van der Waals surface area contributed by atoms with Crippen molar-refractivity contribution in [3.05, 3.63) is 99.9 Å². The number of carbonyl (C=O) groups excluding carboxylic acids is 1. The molecule has 1 saturated carbocycles. The van der Waals surface area contributed by atoms with Gasteiger partial charge < -0.3 is 5.32 Å². The van der Waals surface area contributed by atoms with Gasteiger partial charge in [-0.2, -0.15) is 0 Å². The summed E-state index contributed by atoms with van der Waals surface area (Å²) in [7, 11) is 0. The van der Waals surface area contributed by atoms with Crippen molar-refractivity contribution in [1.29, 1.82) is 0 Å². The van der Waals surface area contributed by atoms with Crippen molar-refractivity contribution in [2.45, 2.75) is 32.0 Å². The summed E-state index contributed by atoms with van der Waals surface area (Å²) in [6.45, 7) is 0.261. The predicted octanol–water partition coefficient (Wildman–Crippen LogP) is 4.68. The van der Waals surface area contributed by atoms with E-state index in [0.717, 1.165) is 35.1 Å². The van der Waals surface area contributed by atoms with E-state index in [1.807, 2.05) is 54.6 Å². The first-order chi connectivity index (χ1) is 16.1. The summed E-state index contributed by atoms with van der Waals surface area (Å²) in [6.07, 6.45) is 1.88. The first-order valence-corrected chi connectivity index (χ1v) is 11.3. The zero-order valence-electron chi connectivity index (χ0n) is 17.9. The van der Waals surface area contributed by atoms with Crippen LogP contribution in [0, 0.1) is 0 Å². The minimum absolute atomic E-state index is 0.124. The van der Waals surface area contributed by atoms with Crippen molar-refractivity contribution in [3.63, 3.8) is 0 Å². The molecule has 6 nitrogen and oxygen atoms in total. The normalized spacial score (nSPS) is 13.1. The van der Waals surface area contributed by atoms with Crippen LogP contribution in [0.25, 0.3) is 22.5 Å². The summed E-state index contributed by atoms with van der Waals surface area (Å²) in [5.74, 6) is 0.316. The van der Waals surface area contributed by atoms with Crippen molar-refractivity contribution in [2.75, 3.05) is 0 Å². The number of hydrogen-bond donors (Lipinski definition) is 1. The van der Waals surface area contributed by atoms with Gasteiger partial charge in [0.05, 0.1) is 0 Å². The molecule has 1 heterocycles. The van der Waals surface area contributed by atoms with Crippen LogP contribution in [0.5, 0.6) is 0 Å². The number of carbonyl (C=O) groups is 1. The molecular formula is C26H23ClN4O2. The molecule has 0 aliphatic heterocycles. The van der Waals surface area contributed by atoms with E-state index in [-0.39, 0.29) is 24.2 Å². The van der Waals surface area contributed by atoms with Gasteiger partial charge in [0.15, 0.2) is 5.82 Å².